The molecule has 0 aromatic heterocycles. The number of rotatable bonds is 5. The lowest BCUT2D eigenvalue weighted by atomic mass is 10.1. The first-order valence-electron chi connectivity index (χ1n) is 7.53. The molecule has 0 bridgehead atoms. The van der Waals surface area contributed by atoms with Crippen LogP contribution in [0.3, 0.4) is 0 Å². The van der Waals surface area contributed by atoms with Gasteiger partial charge in [-0.2, -0.15) is 0 Å². The van der Waals surface area contributed by atoms with Gasteiger partial charge in [0.25, 0.3) is 0 Å². The third kappa shape index (κ3) is 4.63. The fourth-order valence-corrected chi connectivity index (χ4v) is 2.28. The average Bonchev–Trinajstić information content (AvgIpc) is 2.56. The van der Waals surface area contributed by atoms with Gasteiger partial charge in [-0.3, -0.25) is 0 Å². The van der Waals surface area contributed by atoms with E-state index in [1.165, 1.54) is 0 Å². The second-order valence-electron chi connectivity index (χ2n) is 5.23. The van der Waals surface area contributed by atoms with Crippen LogP contribution in [0.1, 0.15) is 25.5 Å². The Hall–Kier alpha value is -2.20. The Morgan fingerprint density at radius 2 is 1.78 bits per heavy atom. The van der Waals surface area contributed by atoms with Gasteiger partial charge in [0, 0.05) is 17.8 Å². The number of ether oxygens (including phenoxy) is 1. The van der Waals surface area contributed by atoms with Gasteiger partial charge in [-0.15, -0.1) is 0 Å². The van der Waals surface area contributed by atoms with E-state index >= 15 is 0 Å². The molecule has 0 aliphatic heterocycles. The van der Waals surface area contributed by atoms with Crippen molar-refractivity contribution < 1.29 is 9.53 Å². The van der Waals surface area contributed by atoms with Gasteiger partial charge in [0.1, 0.15) is 5.75 Å². The number of nitrogens with one attached hydrogen (secondary N) is 1. The number of hydrogen-bond donors (Lipinski definition) is 1. The Morgan fingerprint density at radius 3 is 2.35 bits per heavy atom. The lowest BCUT2D eigenvalue weighted by molar-refractivity contribution is 0.208. The van der Waals surface area contributed by atoms with Crippen LogP contribution in [0.4, 0.5) is 10.5 Å². The number of amides is 2. The zero-order valence-corrected chi connectivity index (χ0v) is 14.3. The molecule has 0 aliphatic rings. The zero-order valence-electron chi connectivity index (χ0n) is 13.5. The molecule has 4 nitrogen and oxygen atoms in total. The van der Waals surface area contributed by atoms with Crippen LogP contribution in [0.15, 0.2) is 48.5 Å². The first-order chi connectivity index (χ1) is 11.0. The minimum absolute atomic E-state index is 0.0602. The topological polar surface area (TPSA) is 41.6 Å². The number of carbonyl (C=O) groups excluding carboxylic acids is 1. The van der Waals surface area contributed by atoms with E-state index in [0.29, 0.717) is 11.6 Å². The molecule has 0 unspecified atom stereocenters. The molecule has 0 heterocycles. The summed E-state index contributed by atoms with van der Waals surface area (Å²) in [5.74, 6) is 0.786. The van der Waals surface area contributed by atoms with Gasteiger partial charge in [-0.05, 0) is 55.8 Å². The number of carbonyl (C=O) groups is 1. The molecule has 2 rings (SSSR count). The molecule has 0 radical (unpaired) electrons. The van der Waals surface area contributed by atoms with E-state index in [1.54, 1.807) is 11.9 Å². The predicted molar refractivity (Wildman–Crippen MR) is 94.3 cm³/mol. The summed E-state index contributed by atoms with van der Waals surface area (Å²) in [4.78, 5) is 14.0. The lowest BCUT2D eigenvalue weighted by Crippen LogP contribution is -2.33. The maximum atomic E-state index is 12.4. The number of anilines is 1. The molecule has 2 aromatic carbocycles. The fourth-order valence-electron chi connectivity index (χ4n) is 2.15. The van der Waals surface area contributed by atoms with Gasteiger partial charge in [0.15, 0.2) is 0 Å². The largest absolute Gasteiger partial charge is 0.494 e. The fraction of sp³-hybridized carbons (Fsp3) is 0.278. The summed E-state index contributed by atoms with van der Waals surface area (Å²) < 4.78 is 5.39. The molecule has 0 spiro atoms. The van der Waals surface area contributed by atoms with Crippen molar-refractivity contribution in [2.24, 2.45) is 0 Å². The number of halogens is 1. The molecule has 1 N–H and O–H groups in total. The predicted octanol–water partition coefficient (Wildman–Crippen LogP) is 4.96. The highest BCUT2D eigenvalue weighted by Gasteiger charge is 2.17. The smallest absolute Gasteiger partial charge is 0.322 e. The summed E-state index contributed by atoms with van der Waals surface area (Å²) in [5, 5.41) is 3.56. The summed E-state index contributed by atoms with van der Waals surface area (Å²) in [5.41, 5.74) is 1.76. The normalized spacial score (nSPS) is 11.7. The third-order valence-corrected chi connectivity index (χ3v) is 3.92. The third-order valence-electron chi connectivity index (χ3n) is 3.67. The number of urea groups is 1. The first kappa shape index (κ1) is 17.2. The molecule has 1 atom stereocenters. The molecule has 2 aromatic rings. The van der Waals surface area contributed by atoms with E-state index in [4.69, 9.17) is 16.3 Å². The summed E-state index contributed by atoms with van der Waals surface area (Å²) in [6, 6.07) is 14.6. The Labute approximate surface area is 142 Å². The summed E-state index contributed by atoms with van der Waals surface area (Å²) in [7, 11) is 1.77. The Bertz CT molecular complexity index is 641. The van der Waals surface area contributed by atoms with Crippen molar-refractivity contribution >= 4 is 23.3 Å². The van der Waals surface area contributed by atoms with Crippen molar-refractivity contribution in [3.8, 4) is 5.75 Å². The van der Waals surface area contributed by atoms with Gasteiger partial charge < -0.3 is 15.0 Å². The van der Waals surface area contributed by atoms with Crippen molar-refractivity contribution in [1.82, 2.24) is 4.90 Å². The van der Waals surface area contributed by atoms with Crippen molar-refractivity contribution in [3.63, 3.8) is 0 Å². The molecule has 122 valence electrons. The minimum Gasteiger partial charge on any atom is -0.494 e. The zero-order chi connectivity index (χ0) is 16.8. The molecule has 0 fully saturated rings. The first-order valence-corrected chi connectivity index (χ1v) is 7.91. The van der Waals surface area contributed by atoms with E-state index in [9.17, 15) is 4.79 Å². The van der Waals surface area contributed by atoms with Gasteiger partial charge in [-0.1, -0.05) is 23.7 Å². The van der Waals surface area contributed by atoms with Crippen LogP contribution >= 0.6 is 11.6 Å². The monoisotopic (exact) mass is 332 g/mol. The Kier molecular flexibility index (Phi) is 5.88. The van der Waals surface area contributed by atoms with E-state index < -0.39 is 0 Å². The highest BCUT2D eigenvalue weighted by molar-refractivity contribution is 6.30. The number of hydrogen-bond acceptors (Lipinski definition) is 2. The number of nitrogens with zero attached hydrogens (tertiary/aromatic N) is 1. The standard InChI is InChI=1S/C18H21ClN2O2/c1-4-23-17-11-9-16(10-12-17)20-18(22)21(3)13(2)14-5-7-15(19)8-6-14/h5-13H,4H2,1-3H3,(H,20,22)/t13-/m0/s1. The van der Waals surface area contributed by atoms with Crippen molar-refractivity contribution in [2.75, 3.05) is 19.0 Å². The van der Waals surface area contributed by atoms with Crippen molar-refractivity contribution in [1.29, 1.82) is 0 Å². The van der Waals surface area contributed by atoms with Crippen LogP contribution in [0.2, 0.25) is 5.02 Å². The van der Waals surface area contributed by atoms with Gasteiger partial charge in [0.2, 0.25) is 0 Å². The molecule has 2 amide bonds. The molecular formula is C18H21ClN2O2. The quantitative estimate of drug-likeness (QED) is 0.840. The molecular weight excluding hydrogens is 312 g/mol. The highest BCUT2D eigenvalue weighted by Crippen LogP contribution is 2.22. The highest BCUT2D eigenvalue weighted by atomic mass is 35.5. The number of benzene rings is 2. The van der Waals surface area contributed by atoms with Crippen molar-refractivity contribution in [3.05, 3.63) is 59.1 Å². The van der Waals surface area contributed by atoms with E-state index in [-0.39, 0.29) is 12.1 Å². The Balaban J connectivity index is 2.00. The van der Waals surface area contributed by atoms with Gasteiger partial charge in [-0.25, -0.2) is 4.79 Å². The summed E-state index contributed by atoms with van der Waals surface area (Å²) in [6.07, 6.45) is 0. The summed E-state index contributed by atoms with van der Waals surface area (Å²) >= 11 is 5.90. The SMILES string of the molecule is CCOc1ccc(NC(=O)N(C)[C@@H](C)c2ccc(Cl)cc2)cc1. The maximum absolute atomic E-state index is 12.4. The van der Waals surface area contributed by atoms with Crippen LogP contribution in [-0.4, -0.2) is 24.6 Å². The van der Waals surface area contributed by atoms with Crippen LogP contribution in [0.25, 0.3) is 0 Å². The van der Waals surface area contributed by atoms with Crippen LogP contribution < -0.4 is 10.1 Å². The second kappa shape index (κ2) is 7.88. The van der Waals surface area contributed by atoms with E-state index in [0.717, 1.165) is 17.0 Å². The summed E-state index contributed by atoms with van der Waals surface area (Å²) in [6.45, 7) is 4.52. The van der Waals surface area contributed by atoms with E-state index in [1.807, 2.05) is 62.4 Å². The van der Waals surface area contributed by atoms with Crippen LogP contribution in [0.5, 0.6) is 5.75 Å². The molecule has 5 heteroatoms. The molecule has 23 heavy (non-hydrogen) atoms. The van der Waals surface area contributed by atoms with Crippen LogP contribution in [0, 0.1) is 0 Å². The van der Waals surface area contributed by atoms with Crippen LogP contribution in [-0.2, 0) is 0 Å². The van der Waals surface area contributed by atoms with Crippen molar-refractivity contribution in [2.45, 2.75) is 19.9 Å². The van der Waals surface area contributed by atoms with E-state index in [2.05, 4.69) is 5.32 Å². The second-order valence-corrected chi connectivity index (χ2v) is 5.66. The van der Waals surface area contributed by atoms with Gasteiger partial charge >= 0.3 is 6.03 Å². The molecule has 0 saturated carbocycles. The maximum Gasteiger partial charge on any atom is 0.322 e. The Morgan fingerprint density at radius 1 is 1.17 bits per heavy atom. The lowest BCUT2D eigenvalue weighted by Gasteiger charge is -2.25. The van der Waals surface area contributed by atoms with Gasteiger partial charge in [0.05, 0.1) is 12.6 Å². The average molecular weight is 333 g/mol. The molecule has 0 aliphatic carbocycles. The minimum atomic E-state index is -0.170. The molecule has 0 saturated heterocycles.